The molecule has 1 atom stereocenters. The first kappa shape index (κ1) is 32.8. The van der Waals surface area contributed by atoms with Crippen molar-refractivity contribution in [1.29, 1.82) is 5.41 Å². The van der Waals surface area contributed by atoms with E-state index in [0.29, 0.717) is 17.4 Å². The molecule has 0 aromatic carbocycles. The fourth-order valence-corrected chi connectivity index (χ4v) is 4.40. The van der Waals surface area contributed by atoms with Gasteiger partial charge in [0.2, 0.25) is 0 Å². The lowest BCUT2D eigenvalue weighted by molar-refractivity contribution is -0.142. The van der Waals surface area contributed by atoms with Gasteiger partial charge in [0.1, 0.15) is 11.6 Å². The van der Waals surface area contributed by atoms with Gasteiger partial charge in [-0.1, -0.05) is 52.2 Å². The summed E-state index contributed by atoms with van der Waals surface area (Å²) in [7, 11) is 1.63. The van der Waals surface area contributed by atoms with Crippen molar-refractivity contribution in [3.8, 4) is 0 Å². The van der Waals surface area contributed by atoms with E-state index in [1.165, 1.54) is 6.42 Å². The number of nitrogens with one attached hydrogen (secondary N) is 2. The molecular weight excluding hydrogens is 476 g/mol. The van der Waals surface area contributed by atoms with Crippen molar-refractivity contribution < 1.29 is 14.6 Å². The predicted octanol–water partition coefficient (Wildman–Crippen LogP) is 8.20. The van der Waals surface area contributed by atoms with Crippen LogP contribution in [0.25, 0.3) is 0 Å². The summed E-state index contributed by atoms with van der Waals surface area (Å²) in [6, 6.07) is 0. The Morgan fingerprint density at radius 2 is 1.84 bits per heavy atom. The molecule has 1 aromatic heterocycles. The van der Waals surface area contributed by atoms with Gasteiger partial charge in [-0.25, -0.2) is 4.98 Å². The van der Waals surface area contributed by atoms with Crippen molar-refractivity contribution in [3.05, 3.63) is 65.0 Å². The van der Waals surface area contributed by atoms with Crippen molar-refractivity contribution >= 4 is 17.5 Å². The van der Waals surface area contributed by atoms with Crippen LogP contribution in [-0.2, 0) is 9.53 Å². The molecule has 1 unspecified atom stereocenters. The second-order valence-corrected chi connectivity index (χ2v) is 10.0. The van der Waals surface area contributed by atoms with Gasteiger partial charge in [0.05, 0.1) is 36.3 Å². The normalized spacial score (nSPS) is 16.0. The maximum atomic E-state index is 10.4. The summed E-state index contributed by atoms with van der Waals surface area (Å²) in [5, 5.41) is 20.1. The molecule has 0 saturated heterocycles. The minimum absolute atomic E-state index is 0.0289. The van der Waals surface area contributed by atoms with Gasteiger partial charge in [-0.15, -0.1) is 0 Å². The highest BCUT2D eigenvalue weighted by Crippen LogP contribution is 2.25. The van der Waals surface area contributed by atoms with E-state index < -0.39 is 5.97 Å². The van der Waals surface area contributed by atoms with Crippen molar-refractivity contribution in [1.82, 2.24) is 9.97 Å². The first-order chi connectivity index (χ1) is 18.0. The number of anilines is 1. The van der Waals surface area contributed by atoms with Crippen LogP contribution in [0.4, 0.5) is 5.82 Å². The van der Waals surface area contributed by atoms with Gasteiger partial charge in [0.15, 0.2) is 0 Å². The number of aromatic nitrogens is 2. The van der Waals surface area contributed by atoms with Crippen LogP contribution in [-0.4, -0.2) is 33.9 Å². The highest BCUT2D eigenvalue weighted by atomic mass is 16.5. The molecule has 7 heteroatoms. The molecule has 0 radical (unpaired) electrons. The molecule has 1 saturated carbocycles. The lowest BCUT2D eigenvalue weighted by Gasteiger charge is -2.17. The van der Waals surface area contributed by atoms with E-state index in [4.69, 9.17) is 20.2 Å². The fraction of sp³-hybridized carbons (Fsp3) is 0.548. The molecule has 3 N–H and O–H groups in total. The maximum Gasteiger partial charge on any atom is 0.306 e. The summed E-state index contributed by atoms with van der Waals surface area (Å²) in [4.78, 5) is 19.5. The molecule has 0 bridgehead atoms. The quantitative estimate of drug-likeness (QED) is 0.144. The zero-order chi connectivity index (χ0) is 28.7. The monoisotopic (exact) mass is 524 g/mol. The standard InChI is InChI=1S/C24H36N4O.C7H12O2/c1-9-11-20(10-2)21-14-26-15-23(27-21)28-24(19(7)25)18(6)17(5)12-13-22(29-8)16(3)4;8-7(9)6-4-2-1-3-5-6/h12-15,20,25H,3,9-11H2,1-2,4-8H3,(H,27,28);6H,1-5H2,(H,8,9)/b17-12+,22-13+,24-18-,25-19?;. The Kier molecular flexibility index (Phi) is 15.0. The second-order valence-electron chi connectivity index (χ2n) is 10.0. The van der Waals surface area contributed by atoms with Crippen molar-refractivity contribution in [2.45, 2.75) is 98.8 Å². The van der Waals surface area contributed by atoms with Gasteiger partial charge in [-0.2, -0.15) is 0 Å². The number of aliphatic carboxylic acids is 1. The Balaban J connectivity index is 0.000000671. The summed E-state index contributed by atoms with van der Waals surface area (Å²) in [5.41, 5.74) is 5.04. The largest absolute Gasteiger partial charge is 0.497 e. The highest BCUT2D eigenvalue weighted by molar-refractivity contribution is 5.99. The molecule has 0 amide bonds. The van der Waals surface area contributed by atoms with E-state index in [1.807, 2.05) is 39.1 Å². The molecule has 1 aromatic rings. The molecule has 7 nitrogen and oxygen atoms in total. The molecular formula is C31H48N4O3. The SMILES string of the molecule is C=C(C)\C(=C/C=C(C)/C(C)=C(\Nc1cncc(C(CC)CCC)n1)C(C)=N)OC.O=C(O)C1CCCCC1. The molecule has 0 spiro atoms. The van der Waals surface area contributed by atoms with Crippen LogP contribution in [0, 0.1) is 11.3 Å². The molecule has 38 heavy (non-hydrogen) atoms. The zero-order valence-electron chi connectivity index (χ0n) is 24.5. The molecule has 0 aliphatic heterocycles. The van der Waals surface area contributed by atoms with E-state index in [0.717, 1.165) is 78.8 Å². The van der Waals surface area contributed by atoms with Crippen LogP contribution < -0.4 is 5.32 Å². The number of rotatable bonds is 12. The molecule has 210 valence electrons. The third-order valence-electron chi connectivity index (χ3n) is 6.88. The number of allylic oxidation sites excluding steroid dienone is 6. The average molecular weight is 525 g/mol. The molecule has 1 heterocycles. The Morgan fingerprint density at radius 3 is 2.32 bits per heavy atom. The van der Waals surface area contributed by atoms with Crippen molar-refractivity contribution in [2.75, 3.05) is 12.4 Å². The molecule has 1 aliphatic rings. The maximum absolute atomic E-state index is 10.4. The highest BCUT2D eigenvalue weighted by Gasteiger charge is 2.19. The summed E-state index contributed by atoms with van der Waals surface area (Å²) in [6.45, 7) is 16.0. The minimum atomic E-state index is -0.602. The van der Waals surface area contributed by atoms with Gasteiger partial charge in [0, 0.05) is 12.1 Å². The van der Waals surface area contributed by atoms with Crippen LogP contribution in [0.15, 0.2) is 59.3 Å². The predicted molar refractivity (Wildman–Crippen MR) is 158 cm³/mol. The second kappa shape index (κ2) is 17.3. The van der Waals surface area contributed by atoms with E-state index in [2.05, 4.69) is 30.7 Å². The topological polar surface area (TPSA) is 108 Å². The Bertz CT molecular complexity index is 1030. The lowest BCUT2D eigenvalue weighted by Crippen LogP contribution is -2.16. The number of hydrogen-bond acceptors (Lipinski definition) is 6. The van der Waals surface area contributed by atoms with Crippen LogP contribution in [0.5, 0.6) is 0 Å². The summed E-state index contributed by atoms with van der Waals surface area (Å²) in [5.74, 6) is 1.18. The number of ether oxygens (including phenoxy) is 1. The van der Waals surface area contributed by atoms with Gasteiger partial charge < -0.3 is 20.6 Å². The van der Waals surface area contributed by atoms with Gasteiger partial charge in [-0.05, 0) is 76.2 Å². The van der Waals surface area contributed by atoms with Gasteiger partial charge >= 0.3 is 5.97 Å². The Morgan fingerprint density at radius 1 is 1.18 bits per heavy atom. The lowest BCUT2D eigenvalue weighted by atomic mass is 9.90. The third-order valence-corrected chi connectivity index (χ3v) is 6.88. The average Bonchev–Trinajstić information content (AvgIpc) is 2.90. The van der Waals surface area contributed by atoms with E-state index >= 15 is 0 Å². The number of carboxylic acids is 1. The van der Waals surface area contributed by atoms with E-state index in [1.54, 1.807) is 20.2 Å². The third kappa shape index (κ3) is 11.0. The summed E-state index contributed by atoms with van der Waals surface area (Å²) < 4.78 is 5.34. The Labute approximate surface area is 229 Å². The number of nitrogens with zero attached hydrogens (tertiary/aromatic N) is 2. The minimum Gasteiger partial charge on any atom is -0.497 e. The van der Waals surface area contributed by atoms with Crippen molar-refractivity contribution in [3.63, 3.8) is 0 Å². The fourth-order valence-electron chi connectivity index (χ4n) is 4.40. The van der Waals surface area contributed by atoms with Crippen LogP contribution >= 0.6 is 0 Å². The summed E-state index contributed by atoms with van der Waals surface area (Å²) >= 11 is 0. The van der Waals surface area contributed by atoms with Crippen LogP contribution in [0.2, 0.25) is 0 Å². The van der Waals surface area contributed by atoms with E-state index in [-0.39, 0.29) is 5.92 Å². The number of hydrogen-bond donors (Lipinski definition) is 3. The van der Waals surface area contributed by atoms with Gasteiger partial charge in [-0.3, -0.25) is 9.78 Å². The molecule has 1 aliphatic carbocycles. The van der Waals surface area contributed by atoms with Crippen molar-refractivity contribution in [2.24, 2.45) is 5.92 Å². The van der Waals surface area contributed by atoms with Crippen LogP contribution in [0.1, 0.15) is 105 Å². The number of carboxylic acid groups (broad SMARTS) is 1. The first-order valence-corrected chi connectivity index (χ1v) is 13.7. The van der Waals surface area contributed by atoms with Crippen LogP contribution in [0.3, 0.4) is 0 Å². The smallest absolute Gasteiger partial charge is 0.306 e. The first-order valence-electron chi connectivity index (χ1n) is 13.7. The zero-order valence-corrected chi connectivity index (χ0v) is 24.5. The Hall–Kier alpha value is -3.22. The molecule has 1 fully saturated rings. The van der Waals surface area contributed by atoms with Gasteiger partial charge in [0.25, 0.3) is 0 Å². The molecule has 2 rings (SSSR count). The summed E-state index contributed by atoms with van der Waals surface area (Å²) in [6.07, 6.45) is 15.9. The number of methoxy groups -OCH3 is 1. The van der Waals surface area contributed by atoms with E-state index in [9.17, 15) is 4.79 Å². The number of carbonyl (C=O) groups is 1.